The Morgan fingerprint density at radius 3 is 2.67 bits per heavy atom. The van der Waals surface area contributed by atoms with Gasteiger partial charge in [0.25, 0.3) is 5.56 Å². The van der Waals surface area contributed by atoms with Gasteiger partial charge in [-0.15, -0.1) is 0 Å². The van der Waals surface area contributed by atoms with Crippen LogP contribution in [-0.4, -0.2) is 26.0 Å². The summed E-state index contributed by atoms with van der Waals surface area (Å²) in [6.07, 6.45) is 3.50. The topological polar surface area (TPSA) is 112 Å². The molecule has 0 unspecified atom stereocenters. The molecule has 4 aromatic rings. The first-order valence-corrected chi connectivity index (χ1v) is 9.13. The number of hydrogen-bond donors (Lipinski definition) is 2. The molecule has 0 bridgehead atoms. The lowest BCUT2D eigenvalue weighted by Gasteiger charge is -2.06. The molecular formula is C22H17N7O. The number of nitrogens with zero attached hydrogens (tertiary/aromatic N) is 5. The second kappa shape index (κ2) is 8.24. The van der Waals surface area contributed by atoms with Crippen LogP contribution in [0, 0.1) is 11.3 Å². The Morgan fingerprint density at radius 1 is 1.13 bits per heavy atom. The lowest BCUT2D eigenvalue weighted by atomic mass is 10.1. The molecule has 146 valence electrons. The van der Waals surface area contributed by atoms with E-state index in [0.717, 1.165) is 16.8 Å². The van der Waals surface area contributed by atoms with Crippen LogP contribution in [0.2, 0.25) is 0 Å². The van der Waals surface area contributed by atoms with Crippen molar-refractivity contribution in [2.24, 2.45) is 12.1 Å². The molecule has 0 aliphatic heterocycles. The zero-order chi connectivity index (χ0) is 20.9. The predicted octanol–water partition coefficient (Wildman–Crippen LogP) is 3.16. The van der Waals surface area contributed by atoms with E-state index in [1.165, 1.54) is 0 Å². The van der Waals surface area contributed by atoms with E-state index in [4.69, 9.17) is 0 Å². The maximum atomic E-state index is 12.3. The summed E-state index contributed by atoms with van der Waals surface area (Å²) in [7, 11) is 1.87. The number of aryl methyl sites for hydroxylation is 1. The molecule has 0 atom stereocenters. The van der Waals surface area contributed by atoms with Crippen LogP contribution in [0.1, 0.15) is 11.1 Å². The van der Waals surface area contributed by atoms with Gasteiger partial charge in [-0.3, -0.25) is 14.5 Å². The van der Waals surface area contributed by atoms with Gasteiger partial charge in [0, 0.05) is 24.4 Å². The van der Waals surface area contributed by atoms with Crippen LogP contribution < -0.4 is 11.0 Å². The van der Waals surface area contributed by atoms with Gasteiger partial charge in [0.1, 0.15) is 11.6 Å². The second-order valence-electron chi connectivity index (χ2n) is 6.49. The van der Waals surface area contributed by atoms with Crippen molar-refractivity contribution < 1.29 is 0 Å². The lowest BCUT2D eigenvalue weighted by molar-refractivity contribution is 0.771. The molecule has 8 nitrogen and oxygen atoms in total. The maximum Gasteiger partial charge on any atom is 0.270 e. The van der Waals surface area contributed by atoms with E-state index < -0.39 is 5.56 Å². The van der Waals surface area contributed by atoms with Crippen molar-refractivity contribution in [2.45, 2.75) is 0 Å². The van der Waals surface area contributed by atoms with Gasteiger partial charge in [-0.05, 0) is 17.7 Å². The summed E-state index contributed by atoms with van der Waals surface area (Å²) in [5.74, 6) is 0.148. The molecule has 4 rings (SSSR count). The van der Waals surface area contributed by atoms with Crippen molar-refractivity contribution in [1.29, 1.82) is 5.26 Å². The minimum absolute atomic E-state index is 0.0428. The molecule has 2 aromatic heterocycles. The third kappa shape index (κ3) is 4.00. The highest BCUT2D eigenvalue weighted by atomic mass is 16.1. The van der Waals surface area contributed by atoms with Crippen molar-refractivity contribution in [1.82, 2.24) is 19.7 Å². The Morgan fingerprint density at radius 2 is 1.93 bits per heavy atom. The minimum atomic E-state index is -0.527. The summed E-state index contributed by atoms with van der Waals surface area (Å²) in [6.45, 7) is 0. The van der Waals surface area contributed by atoms with Crippen LogP contribution in [0.25, 0.3) is 22.5 Å². The highest BCUT2D eigenvalue weighted by Gasteiger charge is 2.12. The molecule has 30 heavy (non-hydrogen) atoms. The number of hydrazone groups is 1. The van der Waals surface area contributed by atoms with Crippen LogP contribution in [0.5, 0.6) is 0 Å². The number of hydrogen-bond acceptors (Lipinski definition) is 6. The van der Waals surface area contributed by atoms with Gasteiger partial charge < -0.3 is 0 Å². The molecule has 0 saturated heterocycles. The normalized spacial score (nSPS) is 10.8. The minimum Gasteiger partial charge on any atom is -0.290 e. The van der Waals surface area contributed by atoms with Gasteiger partial charge in [-0.1, -0.05) is 48.5 Å². The fourth-order valence-corrected chi connectivity index (χ4v) is 2.95. The van der Waals surface area contributed by atoms with E-state index in [0.29, 0.717) is 11.3 Å². The quantitative estimate of drug-likeness (QED) is 0.398. The van der Waals surface area contributed by atoms with Crippen molar-refractivity contribution in [3.63, 3.8) is 0 Å². The molecule has 0 amide bonds. The highest BCUT2D eigenvalue weighted by molar-refractivity contribution is 5.82. The fourth-order valence-electron chi connectivity index (χ4n) is 2.95. The van der Waals surface area contributed by atoms with Crippen molar-refractivity contribution in [3.05, 3.63) is 88.3 Å². The SMILES string of the molecule is Cn1ccc(-c2cccc(C=NNc3nc(-c4ccccc4)c(C#N)c(=O)[nH]3)c2)n1. The predicted molar refractivity (Wildman–Crippen MR) is 115 cm³/mol. The number of anilines is 1. The van der Waals surface area contributed by atoms with Crippen molar-refractivity contribution in [2.75, 3.05) is 5.43 Å². The van der Waals surface area contributed by atoms with Crippen LogP contribution in [0.15, 0.2) is 76.8 Å². The zero-order valence-electron chi connectivity index (χ0n) is 16.1. The summed E-state index contributed by atoms with van der Waals surface area (Å²) in [4.78, 5) is 19.2. The number of nitriles is 1. The van der Waals surface area contributed by atoms with Gasteiger partial charge in [0.05, 0.1) is 17.6 Å². The Kier molecular flexibility index (Phi) is 5.17. The van der Waals surface area contributed by atoms with Crippen LogP contribution >= 0.6 is 0 Å². The molecule has 2 aromatic carbocycles. The average molecular weight is 395 g/mol. The molecule has 2 heterocycles. The molecule has 0 spiro atoms. The zero-order valence-corrected chi connectivity index (χ0v) is 16.1. The van der Waals surface area contributed by atoms with Gasteiger partial charge in [0.2, 0.25) is 5.95 Å². The van der Waals surface area contributed by atoms with Gasteiger partial charge in [-0.2, -0.15) is 15.5 Å². The molecule has 0 aliphatic rings. The lowest BCUT2D eigenvalue weighted by Crippen LogP contribution is -2.16. The number of benzene rings is 2. The van der Waals surface area contributed by atoms with E-state index in [1.807, 2.05) is 67.8 Å². The third-order valence-corrected chi connectivity index (χ3v) is 4.36. The molecule has 8 heteroatoms. The molecule has 0 saturated carbocycles. The summed E-state index contributed by atoms with van der Waals surface area (Å²) < 4.78 is 1.74. The Hall–Kier alpha value is -4.51. The van der Waals surface area contributed by atoms with Gasteiger partial charge in [-0.25, -0.2) is 10.4 Å². The summed E-state index contributed by atoms with van der Waals surface area (Å²) in [5.41, 5.74) is 5.83. The number of rotatable bonds is 5. The van der Waals surface area contributed by atoms with E-state index in [-0.39, 0.29) is 11.5 Å². The molecule has 0 aliphatic carbocycles. The van der Waals surface area contributed by atoms with E-state index in [1.54, 1.807) is 23.0 Å². The van der Waals surface area contributed by atoms with E-state index in [9.17, 15) is 10.1 Å². The smallest absolute Gasteiger partial charge is 0.270 e. The maximum absolute atomic E-state index is 12.3. The van der Waals surface area contributed by atoms with E-state index >= 15 is 0 Å². The van der Waals surface area contributed by atoms with Gasteiger partial charge >= 0.3 is 0 Å². The monoisotopic (exact) mass is 395 g/mol. The number of aromatic amines is 1. The number of nitrogens with one attached hydrogen (secondary N) is 2. The van der Waals surface area contributed by atoms with Crippen LogP contribution in [0.4, 0.5) is 5.95 Å². The van der Waals surface area contributed by atoms with E-state index in [2.05, 4.69) is 25.6 Å². The molecular weight excluding hydrogens is 378 g/mol. The summed E-state index contributed by atoms with van der Waals surface area (Å²) in [6, 6.07) is 20.7. The van der Waals surface area contributed by atoms with Crippen LogP contribution in [0.3, 0.4) is 0 Å². The number of H-pyrrole nitrogens is 1. The Bertz CT molecular complexity index is 1310. The van der Waals surface area contributed by atoms with Crippen molar-refractivity contribution >= 4 is 12.2 Å². The summed E-state index contributed by atoms with van der Waals surface area (Å²) in [5, 5.41) is 17.9. The third-order valence-electron chi connectivity index (χ3n) is 4.36. The van der Waals surface area contributed by atoms with Crippen molar-refractivity contribution in [3.8, 4) is 28.6 Å². The Labute approximate surface area is 172 Å². The largest absolute Gasteiger partial charge is 0.290 e. The standard InChI is InChI=1S/C22H17N7O/c1-29-11-10-19(28-29)17-9-5-6-15(12-17)14-24-27-22-25-20(16-7-3-2-4-8-16)18(13-23)21(30)26-22/h2-12,14H,1H3,(H2,25,26,27,30). The molecule has 2 N–H and O–H groups in total. The number of aromatic nitrogens is 4. The second-order valence-corrected chi connectivity index (χ2v) is 6.49. The highest BCUT2D eigenvalue weighted by Crippen LogP contribution is 2.20. The molecule has 0 radical (unpaired) electrons. The first kappa shape index (κ1) is 18.8. The average Bonchev–Trinajstić information content (AvgIpc) is 3.21. The van der Waals surface area contributed by atoms with Crippen LogP contribution in [-0.2, 0) is 7.05 Å². The van der Waals surface area contributed by atoms with Gasteiger partial charge in [0.15, 0.2) is 0 Å². The summed E-state index contributed by atoms with van der Waals surface area (Å²) >= 11 is 0. The Balaban J connectivity index is 1.59. The first-order valence-electron chi connectivity index (χ1n) is 9.13. The molecule has 0 fully saturated rings. The first-order chi connectivity index (χ1) is 14.6. The fraction of sp³-hybridized carbons (Fsp3) is 0.0455.